The first-order valence-corrected chi connectivity index (χ1v) is 9.30. The van der Waals surface area contributed by atoms with Crippen molar-refractivity contribution in [2.45, 2.75) is 31.7 Å². The third-order valence-corrected chi connectivity index (χ3v) is 5.74. The topological polar surface area (TPSA) is 60.9 Å². The lowest BCUT2D eigenvalue weighted by Crippen LogP contribution is -2.42. The molecule has 0 bridgehead atoms. The number of benzene rings is 1. The maximum Gasteiger partial charge on any atom is 0.239 e. The smallest absolute Gasteiger partial charge is 0.239 e. The molecule has 0 N–H and O–H groups in total. The zero-order chi connectivity index (χ0) is 19.1. The number of nitrogens with zero attached hydrogens (tertiary/aromatic N) is 3. The Morgan fingerprint density at radius 3 is 2.56 bits per heavy atom. The second-order valence-electron chi connectivity index (χ2n) is 7.35. The van der Waals surface area contributed by atoms with E-state index in [1.54, 1.807) is 4.90 Å². The number of hydrogen-bond acceptors (Lipinski definition) is 3. The molecule has 0 aliphatic carbocycles. The summed E-state index contributed by atoms with van der Waals surface area (Å²) in [5.74, 6) is -3.28. The van der Waals surface area contributed by atoms with Crippen LogP contribution in [0.15, 0.2) is 18.2 Å². The molecule has 3 aliphatic rings. The van der Waals surface area contributed by atoms with Crippen LogP contribution in [0, 0.1) is 17.6 Å². The summed E-state index contributed by atoms with van der Waals surface area (Å²) in [5, 5.41) is 0. The zero-order valence-electron chi connectivity index (χ0n) is 14.9. The molecule has 3 amide bonds. The van der Waals surface area contributed by atoms with Crippen LogP contribution < -0.4 is 4.90 Å². The monoisotopic (exact) mass is 377 g/mol. The summed E-state index contributed by atoms with van der Waals surface area (Å²) in [6.45, 7) is 2.02. The lowest BCUT2D eigenvalue weighted by atomic mass is 10.1. The minimum atomic E-state index is -1.02. The molecule has 1 aromatic rings. The van der Waals surface area contributed by atoms with Crippen LogP contribution in [0.3, 0.4) is 0 Å². The number of halogens is 2. The van der Waals surface area contributed by atoms with Gasteiger partial charge in [-0.15, -0.1) is 0 Å². The van der Waals surface area contributed by atoms with Crippen molar-refractivity contribution in [1.29, 1.82) is 0 Å². The first-order chi connectivity index (χ1) is 13.0. The number of amides is 3. The zero-order valence-corrected chi connectivity index (χ0v) is 14.9. The average molecular weight is 377 g/mol. The largest absolute Gasteiger partial charge is 0.340 e. The molecule has 1 aromatic carbocycles. The molecule has 3 heterocycles. The van der Waals surface area contributed by atoms with Crippen molar-refractivity contribution in [3.05, 3.63) is 29.8 Å². The van der Waals surface area contributed by atoms with Gasteiger partial charge in [0.2, 0.25) is 17.7 Å². The molecule has 0 saturated carbocycles. The Bertz CT molecular complexity index is 800. The van der Waals surface area contributed by atoms with Crippen LogP contribution >= 0.6 is 0 Å². The summed E-state index contributed by atoms with van der Waals surface area (Å²) in [7, 11) is 0. The Balaban J connectivity index is 1.42. The Labute approximate surface area is 155 Å². The molecule has 8 heteroatoms. The van der Waals surface area contributed by atoms with Crippen LogP contribution in [0.4, 0.5) is 14.5 Å². The van der Waals surface area contributed by atoms with E-state index >= 15 is 0 Å². The summed E-state index contributed by atoms with van der Waals surface area (Å²) >= 11 is 0. The van der Waals surface area contributed by atoms with E-state index < -0.39 is 17.6 Å². The van der Waals surface area contributed by atoms with Crippen molar-refractivity contribution >= 4 is 23.4 Å². The highest BCUT2D eigenvalue weighted by Gasteiger charge is 2.43. The van der Waals surface area contributed by atoms with Gasteiger partial charge in [0.1, 0.15) is 5.92 Å². The fourth-order valence-electron chi connectivity index (χ4n) is 4.29. The van der Waals surface area contributed by atoms with Crippen molar-refractivity contribution in [3.63, 3.8) is 0 Å². The van der Waals surface area contributed by atoms with Crippen LogP contribution in [0.1, 0.15) is 25.7 Å². The van der Waals surface area contributed by atoms with E-state index in [9.17, 15) is 23.2 Å². The first kappa shape index (κ1) is 17.9. The van der Waals surface area contributed by atoms with Gasteiger partial charge in [-0.3, -0.25) is 14.4 Å². The molecule has 3 saturated heterocycles. The van der Waals surface area contributed by atoms with Crippen LogP contribution in [-0.4, -0.2) is 59.7 Å². The molecular weight excluding hydrogens is 356 g/mol. The van der Waals surface area contributed by atoms with Gasteiger partial charge in [-0.1, -0.05) is 0 Å². The standard InChI is InChI=1S/C19H21F2N3O3/c20-15-4-3-12(10-16(15)21)24-9-6-14(19(24)27)18(26)22-8-5-13(11-22)23-7-1-2-17(23)25/h3-4,10,13-14H,1-2,5-9,11H2. The Morgan fingerprint density at radius 1 is 1.04 bits per heavy atom. The molecule has 144 valence electrons. The Hall–Kier alpha value is -2.51. The third-order valence-electron chi connectivity index (χ3n) is 5.74. The predicted octanol–water partition coefficient (Wildman–Crippen LogP) is 1.54. The summed E-state index contributed by atoms with van der Waals surface area (Å²) in [4.78, 5) is 42.3. The van der Waals surface area contributed by atoms with Crippen molar-refractivity contribution in [1.82, 2.24) is 9.80 Å². The molecule has 27 heavy (non-hydrogen) atoms. The molecule has 4 rings (SSSR count). The average Bonchev–Trinajstić information content (AvgIpc) is 3.36. The predicted molar refractivity (Wildman–Crippen MR) is 92.8 cm³/mol. The van der Waals surface area contributed by atoms with E-state index in [-0.39, 0.29) is 29.5 Å². The van der Waals surface area contributed by atoms with Gasteiger partial charge in [0, 0.05) is 44.4 Å². The molecule has 0 radical (unpaired) electrons. The maximum absolute atomic E-state index is 13.5. The van der Waals surface area contributed by atoms with Crippen molar-refractivity contribution in [3.8, 4) is 0 Å². The van der Waals surface area contributed by atoms with E-state index in [2.05, 4.69) is 0 Å². The molecule has 0 aromatic heterocycles. The quantitative estimate of drug-likeness (QED) is 0.751. The van der Waals surface area contributed by atoms with Gasteiger partial charge in [-0.25, -0.2) is 8.78 Å². The van der Waals surface area contributed by atoms with Crippen LogP contribution in [-0.2, 0) is 14.4 Å². The highest BCUT2D eigenvalue weighted by atomic mass is 19.2. The van der Waals surface area contributed by atoms with Crippen molar-refractivity contribution < 1.29 is 23.2 Å². The van der Waals surface area contributed by atoms with E-state index in [0.717, 1.165) is 31.5 Å². The fraction of sp³-hybridized carbons (Fsp3) is 0.526. The van der Waals surface area contributed by atoms with Crippen LogP contribution in [0.5, 0.6) is 0 Å². The molecule has 2 atom stereocenters. The fourth-order valence-corrected chi connectivity index (χ4v) is 4.29. The summed E-state index contributed by atoms with van der Waals surface area (Å²) in [6, 6.07) is 3.33. The summed E-state index contributed by atoms with van der Waals surface area (Å²) in [5.41, 5.74) is 0.260. The Kier molecular flexibility index (Phi) is 4.57. The molecule has 2 unspecified atom stereocenters. The first-order valence-electron chi connectivity index (χ1n) is 9.30. The number of carbonyl (C=O) groups is 3. The van der Waals surface area contributed by atoms with Gasteiger partial charge in [0.15, 0.2) is 11.6 Å². The van der Waals surface area contributed by atoms with Crippen LogP contribution in [0.25, 0.3) is 0 Å². The lowest BCUT2D eigenvalue weighted by Gasteiger charge is -2.25. The number of anilines is 1. The van der Waals surface area contributed by atoms with Gasteiger partial charge in [0.05, 0.1) is 6.04 Å². The van der Waals surface area contributed by atoms with E-state index in [1.807, 2.05) is 4.90 Å². The summed E-state index contributed by atoms with van der Waals surface area (Å²) in [6.07, 6.45) is 2.49. The highest BCUT2D eigenvalue weighted by molar-refractivity contribution is 6.09. The minimum absolute atomic E-state index is 0.0303. The lowest BCUT2D eigenvalue weighted by molar-refractivity contribution is -0.139. The molecule has 6 nitrogen and oxygen atoms in total. The molecule has 0 spiro atoms. The van der Waals surface area contributed by atoms with E-state index in [0.29, 0.717) is 32.5 Å². The van der Waals surface area contributed by atoms with Gasteiger partial charge in [0.25, 0.3) is 0 Å². The highest BCUT2D eigenvalue weighted by Crippen LogP contribution is 2.29. The Morgan fingerprint density at radius 2 is 1.85 bits per heavy atom. The van der Waals surface area contributed by atoms with Gasteiger partial charge in [-0.2, -0.15) is 0 Å². The number of likely N-dealkylation sites (tertiary alicyclic amines) is 2. The number of hydrogen-bond donors (Lipinski definition) is 0. The third kappa shape index (κ3) is 3.17. The minimum Gasteiger partial charge on any atom is -0.340 e. The SMILES string of the molecule is O=C(C1CCN(c2ccc(F)c(F)c2)C1=O)N1CCC(N2CCCC2=O)C1. The second-order valence-corrected chi connectivity index (χ2v) is 7.35. The second kappa shape index (κ2) is 6.90. The van der Waals surface area contributed by atoms with E-state index in [4.69, 9.17) is 0 Å². The van der Waals surface area contributed by atoms with Gasteiger partial charge in [-0.05, 0) is 31.4 Å². The van der Waals surface area contributed by atoms with Crippen molar-refractivity contribution in [2.24, 2.45) is 5.92 Å². The van der Waals surface area contributed by atoms with Gasteiger partial charge < -0.3 is 14.7 Å². The number of rotatable bonds is 3. The maximum atomic E-state index is 13.5. The van der Waals surface area contributed by atoms with Crippen molar-refractivity contribution in [2.75, 3.05) is 31.1 Å². The summed E-state index contributed by atoms with van der Waals surface area (Å²) < 4.78 is 26.6. The van der Waals surface area contributed by atoms with Gasteiger partial charge >= 0.3 is 0 Å². The normalized spacial score (nSPS) is 25.8. The molecule has 3 aliphatic heterocycles. The molecule has 3 fully saturated rings. The molecular formula is C19H21F2N3O3. The van der Waals surface area contributed by atoms with Crippen LogP contribution in [0.2, 0.25) is 0 Å². The number of carbonyl (C=O) groups excluding carboxylic acids is 3. The van der Waals surface area contributed by atoms with E-state index in [1.165, 1.54) is 11.0 Å².